The lowest BCUT2D eigenvalue weighted by Crippen LogP contribution is -2.17. The van der Waals surface area contributed by atoms with E-state index in [0.717, 1.165) is 22.5 Å². The molecule has 0 unspecified atom stereocenters. The highest BCUT2D eigenvalue weighted by Gasteiger charge is 2.22. The molecule has 0 N–H and O–H groups in total. The monoisotopic (exact) mass is 347 g/mol. The Morgan fingerprint density at radius 1 is 0.808 bits per heavy atom. The van der Waals surface area contributed by atoms with E-state index in [2.05, 4.69) is 71.9 Å². The Morgan fingerprint density at radius 2 is 1.54 bits per heavy atom. The van der Waals surface area contributed by atoms with Crippen molar-refractivity contribution in [2.75, 3.05) is 7.11 Å². The van der Waals surface area contributed by atoms with Gasteiger partial charge in [-0.2, -0.15) is 0 Å². The van der Waals surface area contributed by atoms with Gasteiger partial charge in [0.1, 0.15) is 5.75 Å². The van der Waals surface area contributed by atoms with Crippen LogP contribution < -0.4 is 4.74 Å². The lowest BCUT2D eigenvalue weighted by Gasteiger charge is -2.26. The first kappa shape index (κ1) is 18.4. The summed E-state index contributed by atoms with van der Waals surface area (Å²) < 4.78 is 5.36. The molecule has 0 saturated carbocycles. The average Bonchev–Trinajstić information content (AvgIpc) is 2.58. The second kappa shape index (κ2) is 6.42. The van der Waals surface area contributed by atoms with Gasteiger partial charge in [-0.05, 0) is 46.2 Å². The fourth-order valence-corrected chi connectivity index (χ4v) is 3.23. The summed E-state index contributed by atoms with van der Waals surface area (Å²) >= 11 is 0. The van der Waals surface area contributed by atoms with Crippen molar-refractivity contribution in [2.24, 2.45) is 0 Å². The predicted octanol–water partition coefficient (Wildman–Crippen LogP) is 6.51. The number of pyridine rings is 1. The molecule has 0 atom stereocenters. The highest BCUT2D eigenvalue weighted by molar-refractivity contribution is 5.86. The van der Waals surface area contributed by atoms with E-state index < -0.39 is 0 Å². The van der Waals surface area contributed by atoms with E-state index >= 15 is 0 Å². The summed E-state index contributed by atoms with van der Waals surface area (Å²) in [6.07, 6.45) is 0. The number of aromatic nitrogens is 1. The normalized spacial score (nSPS) is 12.4. The minimum absolute atomic E-state index is 0.0681. The van der Waals surface area contributed by atoms with Gasteiger partial charge in [0.25, 0.3) is 0 Å². The summed E-state index contributed by atoms with van der Waals surface area (Å²) in [5.41, 5.74) is 5.94. The van der Waals surface area contributed by atoms with Crippen LogP contribution in [0.15, 0.2) is 48.5 Å². The minimum Gasteiger partial charge on any atom is -0.497 e. The zero-order valence-corrected chi connectivity index (χ0v) is 17.0. The molecule has 0 aliphatic rings. The number of hydrogen-bond donors (Lipinski definition) is 0. The third-order valence-corrected chi connectivity index (χ3v) is 4.85. The molecule has 0 radical (unpaired) electrons. The Balaban J connectivity index is 2.25. The van der Waals surface area contributed by atoms with Crippen LogP contribution in [0.2, 0.25) is 0 Å². The Labute approximate surface area is 157 Å². The lowest BCUT2D eigenvalue weighted by atomic mass is 9.79. The van der Waals surface area contributed by atoms with Crippen LogP contribution in [0.4, 0.5) is 0 Å². The second-order valence-corrected chi connectivity index (χ2v) is 9.02. The molecule has 0 aliphatic heterocycles. The number of fused-ring (bicyclic) bond motifs is 1. The summed E-state index contributed by atoms with van der Waals surface area (Å²) in [6.45, 7) is 13.6. The maximum atomic E-state index is 5.36. The quantitative estimate of drug-likeness (QED) is 0.527. The van der Waals surface area contributed by atoms with Gasteiger partial charge in [-0.1, -0.05) is 65.8 Å². The van der Waals surface area contributed by atoms with Crippen LogP contribution in [0.1, 0.15) is 52.7 Å². The van der Waals surface area contributed by atoms with Crippen molar-refractivity contribution in [3.63, 3.8) is 0 Å². The van der Waals surface area contributed by atoms with Crippen LogP contribution in [0.5, 0.6) is 5.75 Å². The maximum Gasteiger partial charge on any atom is 0.119 e. The molecule has 3 rings (SSSR count). The van der Waals surface area contributed by atoms with Gasteiger partial charge in [-0.15, -0.1) is 0 Å². The van der Waals surface area contributed by atoms with Gasteiger partial charge >= 0.3 is 0 Å². The van der Waals surface area contributed by atoms with Crippen molar-refractivity contribution < 1.29 is 4.74 Å². The maximum absolute atomic E-state index is 5.36. The standard InChI is InChI=1S/C24H29NO/c1-23(2,3)17-14-20(24(4,5)6)19-11-12-21(25-22(19)15-17)16-9-8-10-18(13-16)26-7/h8-15H,1-7H3. The lowest BCUT2D eigenvalue weighted by molar-refractivity contribution is 0.415. The molecular weight excluding hydrogens is 318 g/mol. The van der Waals surface area contributed by atoms with Gasteiger partial charge < -0.3 is 4.74 Å². The van der Waals surface area contributed by atoms with Crippen molar-refractivity contribution in [3.8, 4) is 17.0 Å². The summed E-state index contributed by atoms with van der Waals surface area (Å²) in [6, 6.07) is 17.0. The van der Waals surface area contributed by atoms with Crippen molar-refractivity contribution in [2.45, 2.75) is 52.4 Å². The van der Waals surface area contributed by atoms with E-state index in [4.69, 9.17) is 9.72 Å². The predicted molar refractivity (Wildman–Crippen MR) is 111 cm³/mol. The topological polar surface area (TPSA) is 22.1 Å². The fourth-order valence-electron chi connectivity index (χ4n) is 3.23. The number of hydrogen-bond acceptors (Lipinski definition) is 2. The molecule has 0 amide bonds. The van der Waals surface area contributed by atoms with Crippen LogP contribution in [-0.2, 0) is 10.8 Å². The smallest absolute Gasteiger partial charge is 0.119 e. The Hall–Kier alpha value is -2.35. The van der Waals surface area contributed by atoms with E-state index in [-0.39, 0.29) is 10.8 Å². The molecule has 1 aromatic heterocycles. The SMILES string of the molecule is COc1cccc(-c2ccc3c(C(C)(C)C)cc(C(C)(C)C)cc3n2)c1. The third kappa shape index (κ3) is 3.60. The Bertz CT molecular complexity index is 943. The van der Waals surface area contributed by atoms with E-state index in [1.165, 1.54) is 16.5 Å². The Morgan fingerprint density at radius 3 is 2.15 bits per heavy atom. The van der Waals surface area contributed by atoms with Crippen LogP contribution in [0, 0.1) is 0 Å². The minimum atomic E-state index is 0.0681. The molecule has 2 heteroatoms. The van der Waals surface area contributed by atoms with Crippen molar-refractivity contribution in [3.05, 3.63) is 59.7 Å². The molecule has 0 saturated heterocycles. The van der Waals surface area contributed by atoms with Gasteiger partial charge in [-0.3, -0.25) is 0 Å². The number of rotatable bonds is 2. The van der Waals surface area contributed by atoms with Gasteiger partial charge in [0.2, 0.25) is 0 Å². The highest BCUT2D eigenvalue weighted by Crippen LogP contribution is 2.35. The first-order valence-electron chi connectivity index (χ1n) is 9.20. The number of nitrogens with zero attached hydrogens (tertiary/aromatic N) is 1. The number of methoxy groups -OCH3 is 1. The number of benzene rings is 2. The molecule has 26 heavy (non-hydrogen) atoms. The zero-order valence-electron chi connectivity index (χ0n) is 17.0. The van der Waals surface area contributed by atoms with Crippen molar-refractivity contribution in [1.82, 2.24) is 4.98 Å². The van der Waals surface area contributed by atoms with Crippen LogP contribution in [0.25, 0.3) is 22.2 Å². The first-order valence-corrected chi connectivity index (χ1v) is 9.20. The van der Waals surface area contributed by atoms with Gasteiger partial charge in [0, 0.05) is 10.9 Å². The summed E-state index contributed by atoms with van der Waals surface area (Å²) in [5.74, 6) is 0.850. The highest BCUT2D eigenvalue weighted by atomic mass is 16.5. The van der Waals surface area contributed by atoms with Crippen LogP contribution >= 0.6 is 0 Å². The van der Waals surface area contributed by atoms with Gasteiger partial charge in [-0.25, -0.2) is 4.98 Å². The number of ether oxygens (including phenoxy) is 1. The summed E-state index contributed by atoms with van der Waals surface area (Å²) in [7, 11) is 1.69. The molecule has 0 spiro atoms. The molecule has 0 fully saturated rings. The van der Waals surface area contributed by atoms with Gasteiger partial charge in [0.15, 0.2) is 0 Å². The molecule has 1 heterocycles. The van der Waals surface area contributed by atoms with Gasteiger partial charge in [0.05, 0.1) is 18.3 Å². The largest absolute Gasteiger partial charge is 0.497 e. The first-order chi connectivity index (χ1) is 12.1. The molecular formula is C24H29NO. The van der Waals surface area contributed by atoms with Crippen molar-refractivity contribution >= 4 is 10.9 Å². The fraction of sp³-hybridized carbons (Fsp3) is 0.375. The summed E-state index contributed by atoms with van der Waals surface area (Å²) in [4.78, 5) is 5.01. The van der Waals surface area contributed by atoms with Crippen LogP contribution in [-0.4, -0.2) is 12.1 Å². The Kier molecular flexibility index (Phi) is 4.56. The third-order valence-electron chi connectivity index (χ3n) is 4.85. The van der Waals surface area contributed by atoms with Crippen LogP contribution in [0.3, 0.4) is 0 Å². The van der Waals surface area contributed by atoms with E-state index in [9.17, 15) is 0 Å². The van der Waals surface area contributed by atoms with Crippen molar-refractivity contribution in [1.29, 1.82) is 0 Å². The molecule has 3 aromatic rings. The van der Waals surface area contributed by atoms with E-state index in [1.807, 2.05) is 18.2 Å². The molecule has 0 aliphatic carbocycles. The zero-order chi connectivity index (χ0) is 19.1. The van der Waals surface area contributed by atoms with E-state index in [1.54, 1.807) is 7.11 Å². The second-order valence-electron chi connectivity index (χ2n) is 9.02. The molecule has 0 bridgehead atoms. The molecule has 2 nitrogen and oxygen atoms in total. The molecule has 2 aromatic carbocycles. The summed E-state index contributed by atoms with van der Waals surface area (Å²) in [5, 5.41) is 1.23. The van der Waals surface area contributed by atoms with E-state index in [0.29, 0.717) is 0 Å². The average molecular weight is 348 g/mol. The molecule has 136 valence electrons.